The summed E-state index contributed by atoms with van der Waals surface area (Å²) in [5.41, 5.74) is 4.04. The smallest absolute Gasteiger partial charge is 0.257 e. The zero-order chi connectivity index (χ0) is 32.0. The van der Waals surface area contributed by atoms with Gasteiger partial charge in [-0.1, -0.05) is 17.7 Å². The summed E-state index contributed by atoms with van der Waals surface area (Å²) in [4.78, 5) is 17.1. The number of nitrogens with one attached hydrogen (secondary N) is 1. The van der Waals surface area contributed by atoms with E-state index in [2.05, 4.69) is 35.7 Å². The van der Waals surface area contributed by atoms with Gasteiger partial charge >= 0.3 is 0 Å². The van der Waals surface area contributed by atoms with Gasteiger partial charge in [0.15, 0.2) is 0 Å². The van der Waals surface area contributed by atoms with E-state index in [1.54, 1.807) is 40.1 Å². The number of thiazole rings is 1. The Morgan fingerprint density at radius 2 is 1.98 bits per heavy atom. The Labute approximate surface area is 281 Å². The average molecular weight is 678 g/mol. The molecule has 1 atom stereocenters. The molecule has 0 bridgehead atoms. The average Bonchev–Trinajstić information content (AvgIpc) is 3.89. The molecule has 246 valence electrons. The normalized spacial score (nSPS) is 19.4. The summed E-state index contributed by atoms with van der Waals surface area (Å²) in [5.74, 6) is 1.47. The second-order valence-electron chi connectivity index (χ2n) is 11.7. The lowest BCUT2D eigenvalue weighted by Crippen LogP contribution is -2.45. The first-order valence-corrected chi connectivity index (χ1v) is 17.0. The highest BCUT2D eigenvalue weighted by Gasteiger charge is 2.29. The van der Waals surface area contributed by atoms with Crippen LogP contribution in [0.25, 0.3) is 11.3 Å². The van der Waals surface area contributed by atoms with E-state index in [-0.39, 0.29) is 12.1 Å². The van der Waals surface area contributed by atoms with Gasteiger partial charge in [-0.05, 0) is 61.2 Å². The maximum atomic E-state index is 6.50. The molecule has 1 aliphatic carbocycles. The molecule has 1 saturated heterocycles. The van der Waals surface area contributed by atoms with E-state index in [0.29, 0.717) is 53.2 Å². The van der Waals surface area contributed by atoms with Crippen molar-refractivity contribution in [2.45, 2.75) is 63.9 Å². The lowest BCUT2D eigenvalue weighted by molar-refractivity contribution is 0.00503. The summed E-state index contributed by atoms with van der Waals surface area (Å²) in [6.07, 6.45) is 11.3. The van der Waals surface area contributed by atoms with E-state index in [1.807, 2.05) is 42.2 Å². The minimum atomic E-state index is -0.219. The Morgan fingerprint density at radius 3 is 2.77 bits per heavy atom. The Bertz CT molecular complexity index is 1720. The third-order valence-electron chi connectivity index (χ3n) is 8.43. The maximum absolute atomic E-state index is 6.50. The molecule has 2 fully saturated rings. The molecule has 7 rings (SSSR count). The van der Waals surface area contributed by atoms with Gasteiger partial charge in [0, 0.05) is 37.1 Å². The van der Waals surface area contributed by atoms with Crippen LogP contribution in [0.15, 0.2) is 54.7 Å². The first kappa shape index (κ1) is 31.4. The second-order valence-corrected chi connectivity index (χ2v) is 13.1. The third-order valence-corrected chi connectivity index (χ3v) is 9.49. The Morgan fingerprint density at radius 1 is 1.13 bits per heavy atom. The van der Waals surface area contributed by atoms with E-state index in [4.69, 9.17) is 35.9 Å². The minimum absolute atomic E-state index is 0.219. The molecule has 14 nitrogen and oxygen atoms in total. The van der Waals surface area contributed by atoms with Crippen LogP contribution in [0.4, 0.5) is 11.6 Å². The largest absolute Gasteiger partial charge is 0.487 e. The lowest BCUT2D eigenvalue weighted by Gasteiger charge is -2.38. The van der Waals surface area contributed by atoms with Crippen LogP contribution < -0.4 is 14.8 Å². The molecule has 16 heteroatoms. The highest BCUT2D eigenvalue weighted by molar-refractivity contribution is 7.09. The first-order chi connectivity index (χ1) is 23.1. The van der Waals surface area contributed by atoms with Crippen molar-refractivity contribution in [2.75, 3.05) is 31.6 Å². The number of hydrogen-bond acceptors (Lipinski definition) is 13. The zero-order valence-electron chi connectivity index (χ0n) is 26.0. The molecule has 4 aromatic heterocycles. The molecule has 5 heterocycles. The van der Waals surface area contributed by atoms with Crippen LogP contribution >= 0.6 is 22.9 Å². The van der Waals surface area contributed by atoms with Crippen molar-refractivity contribution in [2.24, 2.45) is 0 Å². The van der Waals surface area contributed by atoms with Gasteiger partial charge in [0.25, 0.3) is 5.88 Å². The molecule has 0 spiro atoms. The van der Waals surface area contributed by atoms with Crippen molar-refractivity contribution >= 4 is 34.6 Å². The summed E-state index contributed by atoms with van der Waals surface area (Å²) in [5, 5.41) is 20.0. The van der Waals surface area contributed by atoms with E-state index in [1.165, 1.54) is 0 Å². The van der Waals surface area contributed by atoms with Gasteiger partial charge in [0.2, 0.25) is 5.95 Å². The SMILES string of the molecule is C[C@@H](Cn1cnnn1)Oc1cc(-c2ccnc(Nc3cn(C4CCC(N5CCOCC5)CC4)nc3OCc3cncs3)n2)ccc1Cl. The van der Waals surface area contributed by atoms with Crippen molar-refractivity contribution in [3.8, 4) is 22.9 Å². The topological polar surface area (TPSA) is 143 Å². The summed E-state index contributed by atoms with van der Waals surface area (Å²) < 4.78 is 21.6. The summed E-state index contributed by atoms with van der Waals surface area (Å²) in [7, 11) is 0. The molecule has 47 heavy (non-hydrogen) atoms. The van der Waals surface area contributed by atoms with Crippen LogP contribution in [0.1, 0.15) is 43.5 Å². The first-order valence-electron chi connectivity index (χ1n) is 15.8. The van der Waals surface area contributed by atoms with Crippen LogP contribution in [0.5, 0.6) is 11.6 Å². The molecule has 1 saturated carbocycles. The van der Waals surface area contributed by atoms with Crippen molar-refractivity contribution in [1.82, 2.24) is 49.8 Å². The molecular weight excluding hydrogens is 642 g/mol. The van der Waals surface area contributed by atoms with E-state index < -0.39 is 0 Å². The van der Waals surface area contributed by atoms with Crippen molar-refractivity contribution in [3.63, 3.8) is 0 Å². The van der Waals surface area contributed by atoms with E-state index in [9.17, 15) is 0 Å². The van der Waals surface area contributed by atoms with Crippen molar-refractivity contribution < 1.29 is 14.2 Å². The minimum Gasteiger partial charge on any atom is -0.487 e. The Kier molecular flexibility index (Phi) is 9.84. The fourth-order valence-corrected chi connectivity index (χ4v) is 6.74. The number of halogens is 1. The molecule has 1 aliphatic heterocycles. The number of morpholine rings is 1. The van der Waals surface area contributed by atoms with Crippen LogP contribution in [-0.4, -0.2) is 88.3 Å². The number of benzene rings is 1. The number of hydrogen-bond donors (Lipinski definition) is 1. The number of nitrogens with zero attached hydrogens (tertiary/aromatic N) is 10. The summed E-state index contributed by atoms with van der Waals surface area (Å²) in [6.45, 7) is 6.48. The Hall–Kier alpha value is -4.18. The molecule has 2 aliphatic rings. The predicted octanol–water partition coefficient (Wildman–Crippen LogP) is 5.04. The highest BCUT2D eigenvalue weighted by Crippen LogP contribution is 2.36. The molecule has 1 N–H and O–H groups in total. The third kappa shape index (κ3) is 7.87. The number of ether oxygens (including phenoxy) is 3. The number of tetrazole rings is 1. The molecule has 0 radical (unpaired) electrons. The van der Waals surface area contributed by atoms with Crippen molar-refractivity contribution in [1.29, 1.82) is 0 Å². The molecule has 1 aromatic carbocycles. The fraction of sp³-hybridized carbons (Fsp3) is 0.452. The van der Waals surface area contributed by atoms with Gasteiger partial charge in [0.1, 0.15) is 30.5 Å². The fourth-order valence-electron chi connectivity index (χ4n) is 6.07. The summed E-state index contributed by atoms with van der Waals surface area (Å²) in [6, 6.07) is 8.32. The van der Waals surface area contributed by atoms with Crippen LogP contribution in [0.2, 0.25) is 5.02 Å². The van der Waals surface area contributed by atoms with Gasteiger partial charge in [-0.3, -0.25) is 14.6 Å². The van der Waals surface area contributed by atoms with Gasteiger partial charge in [-0.2, -0.15) is 0 Å². The van der Waals surface area contributed by atoms with Gasteiger partial charge in [-0.15, -0.1) is 21.5 Å². The zero-order valence-corrected chi connectivity index (χ0v) is 27.6. The van der Waals surface area contributed by atoms with Gasteiger partial charge < -0.3 is 19.5 Å². The quantitative estimate of drug-likeness (QED) is 0.189. The second kappa shape index (κ2) is 14.7. The standard InChI is InChI=1S/C31H36ClN11O3S/c1-21(16-42-19-35-39-40-42)46-29-14-22(2-7-26(29)32)27-8-9-34-31(36-27)37-28-17-43(38-30(28)45-18-25-15-33-20-47-25)24-5-3-23(4-6-24)41-10-12-44-13-11-41/h2,7-9,14-15,17,19-21,23-24H,3-6,10-13,16,18H2,1H3,(H,34,36,37)/t21-,23?,24?/m0/s1. The maximum Gasteiger partial charge on any atom is 0.257 e. The number of rotatable bonds is 12. The molecular formula is C31H36ClN11O3S. The Balaban J connectivity index is 1.07. The highest BCUT2D eigenvalue weighted by atomic mass is 35.5. The van der Waals surface area contributed by atoms with Crippen LogP contribution in [-0.2, 0) is 17.9 Å². The molecule has 5 aromatic rings. The van der Waals surface area contributed by atoms with Gasteiger partial charge in [-0.25, -0.2) is 14.6 Å². The van der Waals surface area contributed by atoms with Crippen LogP contribution in [0.3, 0.4) is 0 Å². The van der Waals surface area contributed by atoms with Crippen molar-refractivity contribution in [3.05, 3.63) is 64.6 Å². The van der Waals surface area contributed by atoms with Gasteiger partial charge in [0.05, 0.1) is 53.1 Å². The molecule has 0 amide bonds. The molecule has 0 unspecified atom stereocenters. The van der Waals surface area contributed by atoms with Crippen LogP contribution in [0, 0.1) is 0 Å². The van der Waals surface area contributed by atoms with E-state index in [0.717, 1.165) is 62.4 Å². The number of aromatic nitrogens is 9. The predicted molar refractivity (Wildman–Crippen MR) is 176 cm³/mol. The van der Waals surface area contributed by atoms with E-state index >= 15 is 0 Å². The summed E-state index contributed by atoms with van der Waals surface area (Å²) >= 11 is 8.04. The lowest BCUT2D eigenvalue weighted by atomic mass is 9.90. The monoisotopic (exact) mass is 677 g/mol. The number of anilines is 2.